The van der Waals surface area contributed by atoms with E-state index < -0.39 is 0 Å². The molecule has 0 bridgehead atoms. The fourth-order valence-corrected chi connectivity index (χ4v) is 3.19. The number of benzene rings is 1. The van der Waals surface area contributed by atoms with Gasteiger partial charge < -0.3 is 10.2 Å². The van der Waals surface area contributed by atoms with Crippen molar-refractivity contribution in [3.8, 4) is 0 Å². The third-order valence-corrected chi connectivity index (χ3v) is 4.09. The molecule has 3 heteroatoms. The van der Waals surface area contributed by atoms with Gasteiger partial charge in [-0.1, -0.05) is 32.0 Å². The highest BCUT2D eigenvalue weighted by Crippen LogP contribution is 2.31. The number of nitrogens with one attached hydrogen (secondary N) is 1. The summed E-state index contributed by atoms with van der Waals surface area (Å²) >= 11 is 0. The zero-order valence-electron chi connectivity index (χ0n) is 13.6. The van der Waals surface area contributed by atoms with Gasteiger partial charge in [-0.2, -0.15) is 0 Å². The van der Waals surface area contributed by atoms with Crippen molar-refractivity contribution < 1.29 is 4.79 Å². The quantitative estimate of drug-likeness (QED) is 0.891. The van der Waals surface area contributed by atoms with Crippen LogP contribution in [0.3, 0.4) is 0 Å². The molecule has 0 aliphatic carbocycles. The number of anilines is 1. The van der Waals surface area contributed by atoms with Gasteiger partial charge in [0.25, 0.3) is 0 Å². The smallest absolute Gasteiger partial charge is 0.217 e. The molecule has 1 aliphatic heterocycles. The molecule has 0 aromatic heterocycles. The molecule has 0 radical (unpaired) electrons. The van der Waals surface area contributed by atoms with Crippen LogP contribution in [0.15, 0.2) is 24.3 Å². The van der Waals surface area contributed by atoms with Crippen LogP contribution in [-0.4, -0.2) is 19.0 Å². The minimum Gasteiger partial charge on any atom is -0.371 e. The van der Waals surface area contributed by atoms with E-state index in [4.69, 9.17) is 0 Å². The fourth-order valence-electron chi connectivity index (χ4n) is 3.19. The minimum atomic E-state index is 0.0501. The molecule has 3 nitrogen and oxygen atoms in total. The van der Waals surface area contributed by atoms with Gasteiger partial charge in [0.15, 0.2) is 0 Å². The molecule has 1 atom stereocenters. The maximum atomic E-state index is 11.6. The predicted molar refractivity (Wildman–Crippen MR) is 88.5 cm³/mol. The molecule has 0 spiro atoms. The summed E-state index contributed by atoms with van der Waals surface area (Å²) in [4.78, 5) is 14.1. The topological polar surface area (TPSA) is 32.3 Å². The van der Waals surface area contributed by atoms with Crippen molar-refractivity contribution in [1.82, 2.24) is 5.32 Å². The van der Waals surface area contributed by atoms with E-state index in [0.717, 1.165) is 19.5 Å². The first kappa shape index (κ1) is 15.9. The zero-order valence-corrected chi connectivity index (χ0v) is 13.6. The van der Waals surface area contributed by atoms with Crippen molar-refractivity contribution in [2.24, 2.45) is 5.92 Å². The number of rotatable bonds is 5. The first-order valence-electron chi connectivity index (χ1n) is 8.19. The van der Waals surface area contributed by atoms with Gasteiger partial charge in [0.2, 0.25) is 5.91 Å². The third kappa shape index (κ3) is 4.48. The molecule has 1 N–H and O–H groups in total. The van der Waals surface area contributed by atoms with Crippen LogP contribution in [0.1, 0.15) is 58.1 Å². The summed E-state index contributed by atoms with van der Waals surface area (Å²) in [6.07, 6.45) is 4.84. The van der Waals surface area contributed by atoms with Crippen LogP contribution in [0.25, 0.3) is 0 Å². The molecule has 116 valence electrons. The van der Waals surface area contributed by atoms with Gasteiger partial charge in [-0.3, -0.25) is 4.79 Å². The Kier molecular flexibility index (Phi) is 5.66. The first-order chi connectivity index (χ1) is 10.1. The van der Waals surface area contributed by atoms with E-state index in [1.165, 1.54) is 30.5 Å². The molecular formula is C18H28N2O. The van der Waals surface area contributed by atoms with E-state index in [2.05, 4.69) is 48.3 Å². The van der Waals surface area contributed by atoms with Gasteiger partial charge in [0.1, 0.15) is 0 Å². The Morgan fingerprint density at radius 3 is 2.48 bits per heavy atom. The Morgan fingerprint density at radius 1 is 1.19 bits per heavy atom. The van der Waals surface area contributed by atoms with Crippen molar-refractivity contribution >= 4 is 11.6 Å². The largest absolute Gasteiger partial charge is 0.371 e. The average molecular weight is 288 g/mol. The molecule has 21 heavy (non-hydrogen) atoms. The van der Waals surface area contributed by atoms with Crippen LogP contribution in [0.5, 0.6) is 0 Å². The summed E-state index contributed by atoms with van der Waals surface area (Å²) in [6, 6.07) is 8.68. The molecule has 1 aliphatic rings. The van der Waals surface area contributed by atoms with Crippen molar-refractivity contribution in [2.75, 3.05) is 18.0 Å². The Hall–Kier alpha value is -1.51. The highest BCUT2D eigenvalue weighted by molar-refractivity contribution is 5.74. The minimum absolute atomic E-state index is 0.0501. The Bertz CT molecular complexity index is 464. The van der Waals surface area contributed by atoms with E-state index in [1.54, 1.807) is 6.92 Å². The number of hydrogen-bond acceptors (Lipinski definition) is 2. The number of carbonyl (C=O) groups excluding carboxylic acids is 1. The van der Waals surface area contributed by atoms with Crippen LogP contribution in [-0.2, 0) is 4.79 Å². The van der Waals surface area contributed by atoms with Crippen molar-refractivity contribution in [1.29, 1.82) is 0 Å². The lowest BCUT2D eigenvalue weighted by atomic mass is 9.94. The summed E-state index contributed by atoms with van der Waals surface area (Å²) in [5, 5.41) is 3.14. The summed E-state index contributed by atoms with van der Waals surface area (Å²) in [5.74, 6) is 0.602. The standard InChI is InChI=1S/C18H28N2O/c1-14(2)13-17(19-15(3)21)16-9-5-6-10-18(16)20-11-7-4-8-12-20/h5-6,9-10,14,17H,4,7-8,11-13H2,1-3H3,(H,19,21). The second kappa shape index (κ2) is 7.48. The van der Waals surface area contributed by atoms with Crippen molar-refractivity contribution in [3.05, 3.63) is 29.8 Å². The van der Waals surface area contributed by atoms with Crippen LogP contribution in [0, 0.1) is 5.92 Å². The first-order valence-corrected chi connectivity index (χ1v) is 8.19. The SMILES string of the molecule is CC(=O)NC(CC(C)C)c1ccccc1N1CCCCC1. The second-order valence-corrected chi connectivity index (χ2v) is 6.49. The highest BCUT2D eigenvalue weighted by Gasteiger charge is 2.21. The van der Waals surface area contributed by atoms with Crippen LogP contribution < -0.4 is 10.2 Å². The number of amides is 1. The number of carbonyl (C=O) groups is 1. The average Bonchev–Trinajstić information content (AvgIpc) is 2.46. The zero-order chi connectivity index (χ0) is 15.2. The Balaban J connectivity index is 2.27. The molecule has 1 fully saturated rings. The lowest BCUT2D eigenvalue weighted by molar-refractivity contribution is -0.119. The fraction of sp³-hybridized carbons (Fsp3) is 0.611. The number of hydrogen-bond donors (Lipinski definition) is 1. The maximum Gasteiger partial charge on any atom is 0.217 e. The van der Waals surface area contributed by atoms with Crippen LogP contribution >= 0.6 is 0 Å². The molecule has 1 aromatic rings. The highest BCUT2D eigenvalue weighted by atomic mass is 16.1. The molecule has 1 aromatic carbocycles. The van der Waals surface area contributed by atoms with Gasteiger partial charge in [-0.15, -0.1) is 0 Å². The van der Waals surface area contributed by atoms with Crippen LogP contribution in [0.4, 0.5) is 5.69 Å². The molecule has 1 saturated heterocycles. The molecule has 2 rings (SSSR count). The number of para-hydroxylation sites is 1. The summed E-state index contributed by atoms with van der Waals surface area (Å²) in [7, 11) is 0. The molecular weight excluding hydrogens is 260 g/mol. The van der Waals surface area contributed by atoms with E-state index >= 15 is 0 Å². The monoisotopic (exact) mass is 288 g/mol. The van der Waals surface area contributed by atoms with Gasteiger partial charge in [0.05, 0.1) is 6.04 Å². The summed E-state index contributed by atoms with van der Waals surface area (Å²) < 4.78 is 0. The normalized spacial score (nSPS) is 16.9. The van der Waals surface area contributed by atoms with Gasteiger partial charge >= 0.3 is 0 Å². The van der Waals surface area contributed by atoms with E-state index in [0.29, 0.717) is 5.92 Å². The van der Waals surface area contributed by atoms with Crippen LogP contribution in [0.2, 0.25) is 0 Å². The predicted octanol–water partition coefficient (Wildman–Crippen LogP) is 3.90. The molecule has 1 unspecified atom stereocenters. The van der Waals surface area contributed by atoms with Gasteiger partial charge in [-0.25, -0.2) is 0 Å². The summed E-state index contributed by atoms with van der Waals surface area (Å²) in [6.45, 7) is 8.28. The Morgan fingerprint density at radius 2 is 1.86 bits per heavy atom. The van der Waals surface area contributed by atoms with E-state index in [9.17, 15) is 4.79 Å². The van der Waals surface area contributed by atoms with Crippen molar-refractivity contribution in [2.45, 2.75) is 52.5 Å². The second-order valence-electron chi connectivity index (χ2n) is 6.49. The van der Waals surface area contributed by atoms with E-state index in [-0.39, 0.29) is 11.9 Å². The van der Waals surface area contributed by atoms with Gasteiger partial charge in [0, 0.05) is 25.7 Å². The van der Waals surface area contributed by atoms with Gasteiger partial charge in [-0.05, 0) is 43.2 Å². The molecule has 1 heterocycles. The summed E-state index contributed by atoms with van der Waals surface area (Å²) in [5.41, 5.74) is 2.57. The van der Waals surface area contributed by atoms with E-state index in [1.807, 2.05) is 0 Å². The molecule has 0 saturated carbocycles. The maximum absolute atomic E-state index is 11.6. The third-order valence-electron chi connectivity index (χ3n) is 4.09. The van der Waals surface area contributed by atoms with Crippen molar-refractivity contribution in [3.63, 3.8) is 0 Å². The molecule has 1 amide bonds. The number of piperidine rings is 1. The number of nitrogens with zero attached hydrogens (tertiary/aromatic N) is 1. The Labute approximate surface area is 128 Å². The lowest BCUT2D eigenvalue weighted by Gasteiger charge is -2.33. The lowest BCUT2D eigenvalue weighted by Crippen LogP contribution is -2.33.